The molecule has 0 aromatic heterocycles. The van der Waals surface area contributed by atoms with Crippen molar-refractivity contribution in [2.75, 3.05) is 11.9 Å². The molecule has 1 heteroatoms. The summed E-state index contributed by atoms with van der Waals surface area (Å²) >= 11 is 0. The second kappa shape index (κ2) is 2.25. The summed E-state index contributed by atoms with van der Waals surface area (Å²) in [4.78, 5) is 0. The van der Waals surface area contributed by atoms with Gasteiger partial charge in [0.15, 0.2) is 0 Å². The number of benzene rings is 1. The van der Waals surface area contributed by atoms with Gasteiger partial charge in [0.1, 0.15) is 0 Å². The van der Waals surface area contributed by atoms with E-state index in [4.69, 9.17) is 0 Å². The Kier molecular flexibility index (Phi) is 1.44. The van der Waals surface area contributed by atoms with Crippen LogP contribution in [-0.4, -0.2) is 6.54 Å². The highest BCUT2D eigenvalue weighted by atomic mass is 14.9. The minimum Gasteiger partial charge on any atom is -0.384 e. The van der Waals surface area contributed by atoms with E-state index >= 15 is 0 Å². The van der Waals surface area contributed by atoms with Crippen LogP contribution in [0.15, 0.2) is 18.2 Å². The average Bonchev–Trinajstić information content (AvgIpc) is 2.28. The van der Waals surface area contributed by atoms with E-state index in [0.29, 0.717) is 0 Å². The summed E-state index contributed by atoms with van der Waals surface area (Å²) in [6.45, 7) is 9.48. The maximum Gasteiger partial charge on any atom is 0.0379 e. The molecule has 0 saturated carbocycles. The molecule has 2 rings (SSSR count). The van der Waals surface area contributed by atoms with Crippen molar-refractivity contribution in [3.05, 3.63) is 36.2 Å². The van der Waals surface area contributed by atoms with E-state index in [1.807, 2.05) is 6.07 Å². The SMILES string of the molecule is [CH2]c1ccc2c(c1)C(C)(C)CN2. The minimum absolute atomic E-state index is 0.267. The lowest BCUT2D eigenvalue weighted by molar-refractivity contribution is 0.586. The normalized spacial score (nSPS) is 18.6. The topological polar surface area (TPSA) is 12.0 Å². The van der Waals surface area contributed by atoms with Crippen LogP contribution in [-0.2, 0) is 5.41 Å². The lowest BCUT2D eigenvalue weighted by Crippen LogP contribution is -2.18. The van der Waals surface area contributed by atoms with Gasteiger partial charge in [-0.2, -0.15) is 0 Å². The third-order valence-corrected chi connectivity index (χ3v) is 2.53. The van der Waals surface area contributed by atoms with E-state index in [1.165, 1.54) is 11.3 Å². The molecule has 0 atom stereocenters. The van der Waals surface area contributed by atoms with E-state index < -0.39 is 0 Å². The fourth-order valence-corrected chi connectivity index (χ4v) is 1.72. The van der Waals surface area contributed by atoms with Gasteiger partial charge in [-0.15, -0.1) is 0 Å². The summed E-state index contributed by atoms with van der Waals surface area (Å²) in [7, 11) is 0. The third kappa shape index (κ3) is 1.01. The predicted molar refractivity (Wildman–Crippen MR) is 52.4 cm³/mol. The van der Waals surface area contributed by atoms with Crippen molar-refractivity contribution in [2.45, 2.75) is 19.3 Å². The molecule has 1 N–H and O–H groups in total. The molecule has 1 nitrogen and oxygen atoms in total. The molecule has 1 aliphatic heterocycles. The van der Waals surface area contributed by atoms with Crippen LogP contribution in [0.4, 0.5) is 5.69 Å². The van der Waals surface area contributed by atoms with Gasteiger partial charge in [-0.25, -0.2) is 0 Å². The van der Waals surface area contributed by atoms with E-state index in [2.05, 4.69) is 38.2 Å². The zero-order valence-electron chi connectivity index (χ0n) is 7.65. The van der Waals surface area contributed by atoms with Crippen LogP contribution in [0.5, 0.6) is 0 Å². The van der Waals surface area contributed by atoms with Gasteiger partial charge in [-0.05, 0) is 24.1 Å². The molecule has 0 fully saturated rings. The zero-order valence-corrected chi connectivity index (χ0v) is 7.65. The Bertz CT molecular complexity index is 313. The summed E-state index contributed by atoms with van der Waals surface area (Å²) in [5.41, 5.74) is 4.04. The third-order valence-electron chi connectivity index (χ3n) is 2.53. The largest absolute Gasteiger partial charge is 0.384 e. The van der Waals surface area contributed by atoms with Crippen molar-refractivity contribution < 1.29 is 0 Å². The molecule has 0 bridgehead atoms. The van der Waals surface area contributed by atoms with Gasteiger partial charge < -0.3 is 5.32 Å². The fraction of sp³-hybridized carbons (Fsp3) is 0.364. The molecule has 0 saturated heterocycles. The zero-order chi connectivity index (χ0) is 8.77. The van der Waals surface area contributed by atoms with E-state index in [9.17, 15) is 0 Å². The summed E-state index contributed by atoms with van der Waals surface area (Å²) < 4.78 is 0. The van der Waals surface area contributed by atoms with Crippen molar-refractivity contribution >= 4 is 5.69 Å². The maximum atomic E-state index is 3.94. The first-order valence-electron chi connectivity index (χ1n) is 4.30. The van der Waals surface area contributed by atoms with Gasteiger partial charge >= 0.3 is 0 Å². The molecule has 12 heavy (non-hydrogen) atoms. The summed E-state index contributed by atoms with van der Waals surface area (Å²) in [5, 5.41) is 3.39. The number of anilines is 1. The fourth-order valence-electron chi connectivity index (χ4n) is 1.72. The van der Waals surface area contributed by atoms with Crippen LogP contribution < -0.4 is 5.32 Å². The van der Waals surface area contributed by atoms with Gasteiger partial charge in [0.05, 0.1) is 0 Å². The van der Waals surface area contributed by atoms with Crippen molar-refractivity contribution in [1.29, 1.82) is 0 Å². The highest BCUT2D eigenvalue weighted by molar-refractivity contribution is 5.61. The Morgan fingerprint density at radius 1 is 1.42 bits per heavy atom. The molecule has 1 aromatic rings. The average molecular weight is 160 g/mol. The molecular formula is C11H14N. The second-order valence-corrected chi connectivity index (χ2v) is 4.12. The molecule has 0 spiro atoms. The summed E-state index contributed by atoms with van der Waals surface area (Å²) in [6, 6.07) is 6.34. The molecular weight excluding hydrogens is 146 g/mol. The van der Waals surface area contributed by atoms with Gasteiger partial charge in [0, 0.05) is 17.6 Å². The Balaban J connectivity index is 2.57. The minimum atomic E-state index is 0.267. The maximum absolute atomic E-state index is 3.94. The number of nitrogens with one attached hydrogen (secondary N) is 1. The van der Waals surface area contributed by atoms with E-state index in [1.54, 1.807) is 0 Å². The Morgan fingerprint density at radius 2 is 2.17 bits per heavy atom. The van der Waals surface area contributed by atoms with Crippen LogP contribution in [0.1, 0.15) is 25.0 Å². The van der Waals surface area contributed by atoms with E-state index in [0.717, 1.165) is 12.1 Å². The summed E-state index contributed by atoms with van der Waals surface area (Å²) in [5.74, 6) is 0. The van der Waals surface area contributed by atoms with E-state index in [-0.39, 0.29) is 5.41 Å². The molecule has 0 unspecified atom stereocenters. The molecule has 1 aromatic carbocycles. The lowest BCUT2D eigenvalue weighted by atomic mass is 9.86. The smallest absolute Gasteiger partial charge is 0.0379 e. The van der Waals surface area contributed by atoms with Crippen LogP contribution >= 0.6 is 0 Å². The number of hydrogen-bond acceptors (Lipinski definition) is 1. The lowest BCUT2D eigenvalue weighted by Gasteiger charge is -2.17. The molecule has 1 radical (unpaired) electrons. The Morgan fingerprint density at radius 3 is 2.92 bits per heavy atom. The van der Waals surface area contributed by atoms with Crippen LogP contribution in [0.3, 0.4) is 0 Å². The molecule has 63 valence electrons. The number of rotatable bonds is 0. The predicted octanol–water partition coefficient (Wildman–Crippen LogP) is 2.57. The first-order chi connectivity index (χ1) is 5.59. The number of hydrogen-bond donors (Lipinski definition) is 1. The monoisotopic (exact) mass is 160 g/mol. The second-order valence-electron chi connectivity index (χ2n) is 4.12. The highest BCUT2D eigenvalue weighted by Gasteiger charge is 2.28. The molecule has 1 heterocycles. The standard InChI is InChI=1S/C11H14N/c1-8-4-5-10-9(6-8)11(2,3)7-12-10/h4-6,12H,1,7H2,2-3H3. The Hall–Kier alpha value is -0.980. The van der Waals surface area contributed by atoms with Crippen LogP contribution in [0.25, 0.3) is 0 Å². The van der Waals surface area contributed by atoms with Gasteiger partial charge in [0.2, 0.25) is 0 Å². The van der Waals surface area contributed by atoms with Crippen molar-refractivity contribution in [3.63, 3.8) is 0 Å². The van der Waals surface area contributed by atoms with Crippen molar-refractivity contribution in [3.8, 4) is 0 Å². The summed E-state index contributed by atoms with van der Waals surface area (Å²) in [6.07, 6.45) is 0. The molecule has 0 amide bonds. The quantitative estimate of drug-likeness (QED) is 0.615. The Labute approximate surface area is 73.8 Å². The van der Waals surface area contributed by atoms with Gasteiger partial charge in [-0.3, -0.25) is 0 Å². The van der Waals surface area contributed by atoms with Crippen LogP contribution in [0.2, 0.25) is 0 Å². The first-order valence-corrected chi connectivity index (χ1v) is 4.30. The number of fused-ring (bicyclic) bond motifs is 1. The first kappa shape index (κ1) is 7.66. The van der Waals surface area contributed by atoms with Crippen molar-refractivity contribution in [1.82, 2.24) is 0 Å². The van der Waals surface area contributed by atoms with Gasteiger partial charge in [0.25, 0.3) is 0 Å². The molecule has 0 aliphatic carbocycles. The molecule has 1 aliphatic rings. The highest BCUT2D eigenvalue weighted by Crippen LogP contribution is 2.36. The van der Waals surface area contributed by atoms with Crippen LogP contribution in [0, 0.1) is 6.92 Å². The van der Waals surface area contributed by atoms with Crippen molar-refractivity contribution in [2.24, 2.45) is 0 Å². The van der Waals surface area contributed by atoms with Gasteiger partial charge in [-0.1, -0.05) is 26.0 Å².